The molecule has 128 valence electrons. The van der Waals surface area contributed by atoms with Crippen molar-refractivity contribution in [2.24, 2.45) is 0 Å². The average Bonchev–Trinajstić information content (AvgIpc) is 2.60. The minimum atomic E-state index is -3.48. The highest BCUT2D eigenvalue weighted by Crippen LogP contribution is 2.37. The first-order chi connectivity index (χ1) is 11.5. The molecule has 1 aliphatic rings. The molecule has 0 amide bonds. The molecule has 6 heteroatoms. The highest BCUT2D eigenvalue weighted by Gasteiger charge is 2.31. The summed E-state index contributed by atoms with van der Waals surface area (Å²) in [5.41, 5.74) is 2.13. The van der Waals surface area contributed by atoms with Crippen molar-refractivity contribution in [3.63, 3.8) is 0 Å². The van der Waals surface area contributed by atoms with E-state index in [0.717, 1.165) is 5.56 Å². The Morgan fingerprint density at radius 3 is 2.67 bits per heavy atom. The summed E-state index contributed by atoms with van der Waals surface area (Å²) in [4.78, 5) is 0. The molecule has 1 aliphatic heterocycles. The van der Waals surface area contributed by atoms with E-state index in [1.165, 1.54) is 11.4 Å². The van der Waals surface area contributed by atoms with E-state index in [-0.39, 0.29) is 12.3 Å². The second kappa shape index (κ2) is 6.83. The second-order valence-corrected chi connectivity index (χ2v) is 7.87. The number of hydrogen-bond acceptors (Lipinski definition) is 4. The number of sulfonamides is 1. The van der Waals surface area contributed by atoms with Gasteiger partial charge < -0.3 is 9.84 Å². The molecular weight excluding hydrogens is 326 g/mol. The minimum Gasteiger partial charge on any atom is -0.497 e. The highest BCUT2D eigenvalue weighted by atomic mass is 32.2. The van der Waals surface area contributed by atoms with Gasteiger partial charge in [0.05, 0.1) is 24.7 Å². The molecule has 0 saturated carbocycles. The first kappa shape index (κ1) is 16.8. The number of anilines is 1. The number of ether oxygens (including phenoxy) is 1. The number of methoxy groups -OCH3 is 1. The number of aliphatic hydroxyl groups is 1. The van der Waals surface area contributed by atoms with Crippen LogP contribution in [0.4, 0.5) is 5.69 Å². The zero-order chi connectivity index (χ0) is 17.2. The molecule has 1 N–H and O–H groups in total. The van der Waals surface area contributed by atoms with Crippen LogP contribution >= 0.6 is 0 Å². The van der Waals surface area contributed by atoms with E-state index in [2.05, 4.69) is 0 Å². The largest absolute Gasteiger partial charge is 0.497 e. The molecule has 0 spiro atoms. The lowest BCUT2D eigenvalue weighted by molar-refractivity contribution is 0.166. The van der Waals surface area contributed by atoms with E-state index in [9.17, 15) is 13.5 Å². The Morgan fingerprint density at radius 2 is 1.96 bits per heavy atom. The number of benzene rings is 2. The summed E-state index contributed by atoms with van der Waals surface area (Å²) in [6.45, 7) is 0.276. The van der Waals surface area contributed by atoms with Crippen LogP contribution in [0.5, 0.6) is 5.75 Å². The fourth-order valence-corrected chi connectivity index (χ4v) is 4.51. The molecule has 1 heterocycles. The van der Waals surface area contributed by atoms with Gasteiger partial charge in [0, 0.05) is 18.2 Å². The molecule has 0 aromatic heterocycles. The lowest BCUT2D eigenvalue weighted by Gasteiger charge is -2.33. The summed E-state index contributed by atoms with van der Waals surface area (Å²) in [5, 5.41) is 10.2. The van der Waals surface area contributed by atoms with Gasteiger partial charge in [-0.3, -0.25) is 4.31 Å². The van der Waals surface area contributed by atoms with E-state index in [1.54, 1.807) is 18.2 Å². The van der Waals surface area contributed by atoms with Crippen molar-refractivity contribution in [3.8, 4) is 5.75 Å². The molecule has 24 heavy (non-hydrogen) atoms. The fraction of sp³-hybridized carbons (Fsp3) is 0.333. The summed E-state index contributed by atoms with van der Waals surface area (Å²) in [5.74, 6) is 0.607. The Morgan fingerprint density at radius 1 is 1.21 bits per heavy atom. The van der Waals surface area contributed by atoms with Gasteiger partial charge in [0.2, 0.25) is 10.0 Å². The molecule has 5 nitrogen and oxygen atoms in total. The monoisotopic (exact) mass is 347 g/mol. The summed E-state index contributed by atoms with van der Waals surface area (Å²) >= 11 is 0. The summed E-state index contributed by atoms with van der Waals surface area (Å²) in [7, 11) is -1.94. The Bertz CT molecular complexity index is 805. The molecule has 3 rings (SSSR count). The van der Waals surface area contributed by atoms with Crippen LogP contribution in [-0.2, 0) is 16.4 Å². The summed E-state index contributed by atoms with van der Waals surface area (Å²) in [6.07, 6.45) is 0.206. The topological polar surface area (TPSA) is 66.8 Å². The number of hydrogen-bond donors (Lipinski definition) is 1. The molecule has 0 fully saturated rings. The van der Waals surface area contributed by atoms with Crippen LogP contribution in [0, 0.1) is 0 Å². The van der Waals surface area contributed by atoms with Crippen molar-refractivity contribution in [1.29, 1.82) is 0 Å². The van der Waals surface area contributed by atoms with Crippen molar-refractivity contribution in [2.75, 3.05) is 23.7 Å². The van der Waals surface area contributed by atoms with Gasteiger partial charge in [0.15, 0.2) is 0 Å². The Balaban J connectivity index is 1.87. The smallest absolute Gasteiger partial charge is 0.235 e. The predicted molar refractivity (Wildman–Crippen MR) is 93.8 cm³/mol. The number of fused-ring (bicyclic) bond motifs is 1. The van der Waals surface area contributed by atoms with Gasteiger partial charge in [-0.2, -0.15) is 0 Å². The molecule has 0 aliphatic carbocycles. The van der Waals surface area contributed by atoms with Crippen LogP contribution in [0.15, 0.2) is 48.5 Å². The number of aryl methyl sites for hydroxylation is 1. The summed E-state index contributed by atoms with van der Waals surface area (Å²) in [6, 6.07) is 14.7. The maximum Gasteiger partial charge on any atom is 0.235 e. The zero-order valence-corrected chi connectivity index (χ0v) is 14.4. The van der Waals surface area contributed by atoms with Gasteiger partial charge in [0.1, 0.15) is 5.75 Å². The van der Waals surface area contributed by atoms with E-state index < -0.39 is 16.1 Å². The van der Waals surface area contributed by atoms with Crippen molar-refractivity contribution in [3.05, 3.63) is 59.7 Å². The third-order valence-electron chi connectivity index (χ3n) is 4.30. The molecule has 1 atom stereocenters. The van der Waals surface area contributed by atoms with Gasteiger partial charge in [-0.15, -0.1) is 0 Å². The van der Waals surface area contributed by atoms with E-state index in [0.29, 0.717) is 29.8 Å². The third kappa shape index (κ3) is 3.39. The Labute approximate surface area is 142 Å². The molecule has 0 saturated heterocycles. The van der Waals surface area contributed by atoms with Crippen molar-refractivity contribution >= 4 is 15.7 Å². The van der Waals surface area contributed by atoms with Crippen LogP contribution < -0.4 is 9.04 Å². The molecule has 1 unspecified atom stereocenters. The predicted octanol–water partition coefficient (Wildman–Crippen LogP) is 2.51. The van der Waals surface area contributed by atoms with Crippen LogP contribution in [0.2, 0.25) is 0 Å². The van der Waals surface area contributed by atoms with Crippen LogP contribution in [0.3, 0.4) is 0 Å². The second-order valence-electron chi connectivity index (χ2n) is 5.85. The van der Waals surface area contributed by atoms with E-state index in [4.69, 9.17) is 4.74 Å². The normalized spacial score (nSPS) is 17.4. The maximum absolute atomic E-state index is 12.8. The maximum atomic E-state index is 12.8. The fourth-order valence-electron chi connectivity index (χ4n) is 2.95. The van der Waals surface area contributed by atoms with Crippen LogP contribution in [0.25, 0.3) is 0 Å². The average molecular weight is 347 g/mol. The SMILES string of the molecule is COc1ccc2c(c1)N(S(=O)(=O)CCc1ccccc1)CCC2O. The van der Waals surface area contributed by atoms with Crippen LogP contribution in [0.1, 0.15) is 23.7 Å². The lowest BCUT2D eigenvalue weighted by Crippen LogP contribution is -2.38. The Kier molecular flexibility index (Phi) is 4.78. The van der Waals surface area contributed by atoms with Crippen LogP contribution in [-0.4, -0.2) is 32.9 Å². The van der Waals surface area contributed by atoms with Crippen molar-refractivity contribution in [1.82, 2.24) is 0 Å². The molecule has 2 aromatic carbocycles. The van der Waals surface area contributed by atoms with E-state index >= 15 is 0 Å². The first-order valence-corrected chi connectivity index (χ1v) is 9.52. The molecule has 0 radical (unpaired) electrons. The standard InChI is InChI=1S/C18H21NO4S/c1-23-15-7-8-16-17(13-15)19(11-9-18(16)20)24(21,22)12-10-14-5-3-2-4-6-14/h2-8,13,18,20H,9-12H2,1H3. The quantitative estimate of drug-likeness (QED) is 0.902. The Hall–Kier alpha value is -2.05. The highest BCUT2D eigenvalue weighted by molar-refractivity contribution is 7.92. The van der Waals surface area contributed by atoms with Gasteiger partial charge in [0.25, 0.3) is 0 Å². The third-order valence-corrected chi connectivity index (χ3v) is 6.07. The molecular formula is C18H21NO4S. The van der Waals surface area contributed by atoms with Gasteiger partial charge in [-0.05, 0) is 24.5 Å². The molecule has 0 bridgehead atoms. The zero-order valence-electron chi connectivity index (χ0n) is 13.6. The summed E-state index contributed by atoms with van der Waals surface area (Å²) < 4.78 is 32.3. The first-order valence-electron chi connectivity index (χ1n) is 7.91. The van der Waals surface area contributed by atoms with Gasteiger partial charge in [-0.1, -0.05) is 36.4 Å². The lowest BCUT2D eigenvalue weighted by atomic mass is 10.0. The van der Waals surface area contributed by atoms with Gasteiger partial charge in [-0.25, -0.2) is 8.42 Å². The van der Waals surface area contributed by atoms with Gasteiger partial charge >= 0.3 is 0 Å². The van der Waals surface area contributed by atoms with Crippen molar-refractivity contribution < 1.29 is 18.3 Å². The van der Waals surface area contributed by atoms with Crippen molar-refractivity contribution in [2.45, 2.75) is 18.9 Å². The number of nitrogens with zero attached hydrogens (tertiary/aromatic N) is 1. The number of rotatable bonds is 5. The minimum absolute atomic E-state index is 0.0315. The number of aliphatic hydroxyl groups excluding tert-OH is 1. The van der Waals surface area contributed by atoms with E-state index in [1.807, 2.05) is 30.3 Å². The molecule has 2 aromatic rings.